The highest BCUT2D eigenvalue weighted by atomic mass is 35.5. The van der Waals surface area contributed by atoms with Gasteiger partial charge in [0.05, 0.1) is 7.11 Å². The molecule has 1 heterocycles. The van der Waals surface area contributed by atoms with E-state index in [0.717, 1.165) is 37.1 Å². The largest absolute Gasteiger partial charge is 0.496 e. The molecule has 0 atom stereocenters. The number of carbonyl (C=O) groups excluding carboxylic acids is 2. The number of amides is 2. The van der Waals surface area contributed by atoms with Crippen LogP contribution in [0.5, 0.6) is 5.75 Å². The fourth-order valence-electron chi connectivity index (χ4n) is 3.12. The summed E-state index contributed by atoms with van der Waals surface area (Å²) in [6.45, 7) is 4.27. The van der Waals surface area contributed by atoms with Gasteiger partial charge in [-0.1, -0.05) is 18.0 Å². The van der Waals surface area contributed by atoms with Gasteiger partial charge in [0, 0.05) is 49.6 Å². The van der Waals surface area contributed by atoms with Crippen molar-refractivity contribution in [3.8, 4) is 5.75 Å². The minimum Gasteiger partial charge on any atom is -0.496 e. The molecule has 1 aromatic rings. The van der Waals surface area contributed by atoms with Crippen molar-refractivity contribution in [3.05, 3.63) is 28.8 Å². The Balaban J connectivity index is 1.96. The summed E-state index contributed by atoms with van der Waals surface area (Å²) >= 11 is 6.07. The van der Waals surface area contributed by atoms with Crippen LogP contribution in [0.25, 0.3) is 0 Å². The Morgan fingerprint density at radius 3 is 2.84 bits per heavy atom. The third-order valence-electron chi connectivity index (χ3n) is 4.61. The Labute approximate surface area is 154 Å². The van der Waals surface area contributed by atoms with E-state index in [-0.39, 0.29) is 11.8 Å². The first-order chi connectivity index (χ1) is 12.0. The highest BCUT2D eigenvalue weighted by Gasteiger charge is 2.20. The van der Waals surface area contributed by atoms with Gasteiger partial charge in [-0.3, -0.25) is 9.59 Å². The van der Waals surface area contributed by atoms with Crippen LogP contribution in [0, 0.1) is 0 Å². The summed E-state index contributed by atoms with van der Waals surface area (Å²) in [5.74, 6) is 0.935. The van der Waals surface area contributed by atoms with E-state index in [0.29, 0.717) is 37.5 Å². The second-order valence-corrected chi connectivity index (χ2v) is 6.74. The smallest absolute Gasteiger partial charge is 0.224 e. The van der Waals surface area contributed by atoms with Crippen molar-refractivity contribution in [1.29, 1.82) is 0 Å². The molecule has 1 aliphatic heterocycles. The molecule has 0 N–H and O–H groups in total. The van der Waals surface area contributed by atoms with Gasteiger partial charge in [0.25, 0.3) is 0 Å². The molecular formula is C19H27ClN2O3. The van der Waals surface area contributed by atoms with E-state index in [9.17, 15) is 9.59 Å². The SMILES string of the molecule is CCN(Cc1cc(Cl)ccc1OC)C(=O)CCN1CCCCCC1=O. The van der Waals surface area contributed by atoms with E-state index in [1.807, 2.05) is 24.0 Å². The number of likely N-dealkylation sites (tertiary alicyclic amines) is 1. The van der Waals surface area contributed by atoms with Crippen molar-refractivity contribution in [1.82, 2.24) is 9.80 Å². The van der Waals surface area contributed by atoms with Gasteiger partial charge in [-0.25, -0.2) is 0 Å². The zero-order chi connectivity index (χ0) is 18.2. The number of methoxy groups -OCH3 is 1. The highest BCUT2D eigenvalue weighted by Crippen LogP contribution is 2.24. The van der Waals surface area contributed by atoms with Crippen LogP contribution in [-0.4, -0.2) is 48.4 Å². The van der Waals surface area contributed by atoms with Crippen molar-refractivity contribution in [2.75, 3.05) is 26.7 Å². The first kappa shape index (κ1) is 19.6. The quantitative estimate of drug-likeness (QED) is 0.742. The van der Waals surface area contributed by atoms with Gasteiger partial charge in [-0.2, -0.15) is 0 Å². The lowest BCUT2D eigenvalue weighted by molar-refractivity contribution is -0.134. The summed E-state index contributed by atoms with van der Waals surface area (Å²) < 4.78 is 5.36. The summed E-state index contributed by atoms with van der Waals surface area (Å²) in [5, 5.41) is 0.620. The zero-order valence-corrected chi connectivity index (χ0v) is 15.8. The topological polar surface area (TPSA) is 49.9 Å². The van der Waals surface area contributed by atoms with Crippen molar-refractivity contribution in [3.63, 3.8) is 0 Å². The minimum atomic E-state index is 0.0431. The van der Waals surface area contributed by atoms with Crippen LogP contribution in [0.2, 0.25) is 5.02 Å². The molecule has 2 amide bonds. The molecule has 25 heavy (non-hydrogen) atoms. The number of halogens is 1. The standard InChI is InChI=1S/C19H27ClN2O3/c1-3-21(14-15-13-16(20)8-9-17(15)25-2)19(24)10-12-22-11-6-4-5-7-18(22)23/h8-9,13H,3-7,10-12,14H2,1-2H3. The number of hydrogen-bond acceptors (Lipinski definition) is 3. The van der Waals surface area contributed by atoms with Gasteiger partial charge in [0.1, 0.15) is 5.75 Å². The van der Waals surface area contributed by atoms with Crippen molar-refractivity contribution >= 4 is 23.4 Å². The molecule has 1 aromatic carbocycles. The molecule has 138 valence electrons. The van der Waals surface area contributed by atoms with Crippen LogP contribution >= 0.6 is 11.6 Å². The molecule has 2 rings (SSSR count). The first-order valence-electron chi connectivity index (χ1n) is 8.93. The van der Waals surface area contributed by atoms with E-state index < -0.39 is 0 Å². The number of rotatable bonds is 7. The van der Waals surface area contributed by atoms with Gasteiger partial charge in [-0.15, -0.1) is 0 Å². The molecule has 0 bridgehead atoms. The average Bonchev–Trinajstić information content (AvgIpc) is 2.82. The number of hydrogen-bond donors (Lipinski definition) is 0. The normalized spacial score (nSPS) is 15.0. The zero-order valence-electron chi connectivity index (χ0n) is 15.1. The molecule has 6 heteroatoms. The van der Waals surface area contributed by atoms with E-state index in [4.69, 9.17) is 16.3 Å². The fourth-order valence-corrected chi connectivity index (χ4v) is 3.31. The maximum absolute atomic E-state index is 12.6. The molecule has 1 fully saturated rings. The van der Waals surface area contributed by atoms with Crippen LogP contribution in [0.4, 0.5) is 0 Å². The van der Waals surface area contributed by atoms with Gasteiger partial charge in [0.15, 0.2) is 0 Å². The lowest BCUT2D eigenvalue weighted by Gasteiger charge is -2.25. The molecule has 0 unspecified atom stereocenters. The number of carbonyl (C=O) groups is 2. The predicted octanol–water partition coefficient (Wildman–Crippen LogP) is 3.49. The molecule has 0 aromatic heterocycles. The van der Waals surface area contributed by atoms with E-state index in [1.54, 1.807) is 18.1 Å². The monoisotopic (exact) mass is 366 g/mol. The minimum absolute atomic E-state index is 0.0431. The molecule has 0 radical (unpaired) electrons. The molecule has 0 saturated carbocycles. The third kappa shape index (κ3) is 5.63. The summed E-state index contributed by atoms with van der Waals surface area (Å²) in [4.78, 5) is 28.3. The second-order valence-electron chi connectivity index (χ2n) is 6.31. The Kier molecular flexibility index (Phi) is 7.56. The Bertz CT molecular complexity index is 606. The van der Waals surface area contributed by atoms with Gasteiger partial charge in [-0.05, 0) is 38.0 Å². The lowest BCUT2D eigenvalue weighted by atomic mass is 10.1. The Hall–Kier alpha value is -1.75. The van der Waals surface area contributed by atoms with Crippen molar-refractivity contribution in [2.24, 2.45) is 0 Å². The highest BCUT2D eigenvalue weighted by molar-refractivity contribution is 6.30. The van der Waals surface area contributed by atoms with Gasteiger partial charge >= 0.3 is 0 Å². The Morgan fingerprint density at radius 1 is 1.32 bits per heavy atom. The van der Waals surface area contributed by atoms with Crippen LogP contribution in [0.15, 0.2) is 18.2 Å². The number of ether oxygens (including phenoxy) is 1. The lowest BCUT2D eigenvalue weighted by Crippen LogP contribution is -2.36. The predicted molar refractivity (Wildman–Crippen MR) is 98.8 cm³/mol. The molecule has 0 spiro atoms. The summed E-state index contributed by atoms with van der Waals surface area (Å²) in [6, 6.07) is 5.41. The van der Waals surface area contributed by atoms with Crippen LogP contribution in [-0.2, 0) is 16.1 Å². The average molecular weight is 367 g/mol. The molecule has 1 saturated heterocycles. The number of nitrogens with zero attached hydrogens (tertiary/aromatic N) is 2. The van der Waals surface area contributed by atoms with Crippen LogP contribution in [0.1, 0.15) is 44.6 Å². The van der Waals surface area contributed by atoms with Crippen LogP contribution < -0.4 is 4.74 Å². The van der Waals surface area contributed by atoms with Crippen molar-refractivity contribution in [2.45, 2.75) is 45.6 Å². The summed E-state index contributed by atoms with van der Waals surface area (Å²) in [6.07, 6.45) is 4.02. The van der Waals surface area contributed by atoms with Gasteiger partial charge in [0.2, 0.25) is 11.8 Å². The van der Waals surface area contributed by atoms with E-state index in [1.165, 1.54) is 0 Å². The first-order valence-corrected chi connectivity index (χ1v) is 9.31. The van der Waals surface area contributed by atoms with E-state index in [2.05, 4.69) is 0 Å². The fraction of sp³-hybridized carbons (Fsp3) is 0.579. The molecule has 0 aliphatic carbocycles. The molecule has 1 aliphatic rings. The van der Waals surface area contributed by atoms with Crippen molar-refractivity contribution < 1.29 is 14.3 Å². The second kappa shape index (κ2) is 9.66. The number of benzene rings is 1. The van der Waals surface area contributed by atoms with Gasteiger partial charge < -0.3 is 14.5 Å². The molecular weight excluding hydrogens is 340 g/mol. The third-order valence-corrected chi connectivity index (χ3v) is 4.84. The van der Waals surface area contributed by atoms with E-state index >= 15 is 0 Å². The maximum atomic E-state index is 12.6. The van der Waals surface area contributed by atoms with Crippen LogP contribution in [0.3, 0.4) is 0 Å². The summed E-state index contributed by atoms with van der Waals surface area (Å²) in [7, 11) is 1.61. The Morgan fingerprint density at radius 2 is 2.12 bits per heavy atom. The molecule has 5 nitrogen and oxygen atoms in total. The maximum Gasteiger partial charge on any atom is 0.224 e. The summed E-state index contributed by atoms with van der Waals surface area (Å²) in [5.41, 5.74) is 0.885.